The van der Waals surface area contributed by atoms with Gasteiger partial charge in [0.25, 0.3) is 5.91 Å². The van der Waals surface area contributed by atoms with Crippen LogP contribution in [0, 0.1) is 0 Å². The summed E-state index contributed by atoms with van der Waals surface area (Å²) in [6.45, 7) is 8.53. The minimum Gasteiger partial charge on any atom is -0.507 e. The molecule has 0 radical (unpaired) electrons. The van der Waals surface area contributed by atoms with Crippen molar-refractivity contribution >= 4 is 5.91 Å². The Labute approximate surface area is 199 Å². The summed E-state index contributed by atoms with van der Waals surface area (Å²) in [6.07, 6.45) is 0.703. The van der Waals surface area contributed by atoms with Gasteiger partial charge in [-0.3, -0.25) is 9.89 Å². The maximum atomic E-state index is 13.4. The van der Waals surface area contributed by atoms with Gasteiger partial charge in [0, 0.05) is 30.9 Å². The number of para-hydroxylation sites is 1. The van der Waals surface area contributed by atoms with Gasteiger partial charge in [-0.15, -0.1) is 0 Å². The minimum atomic E-state index is -0.396. The highest BCUT2D eigenvalue weighted by Gasteiger charge is 2.42. The lowest BCUT2D eigenvalue weighted by atomic mass is 9.95. The van der Waals surface area contributed by atoms with Crippen LogP contribution in [0.2, 0.25) is 0 Å². The van der Waals surface area contributed by atoms with Gasteiger partial charge in [0.2, 0.25) is 0 Å². The molecule has 0 saturated carbocycles. The Kier molecular flexibility index (Phi) is 7.37. The van der Waals surface area contributed by atoms with Crippen molar-refractivity contribution in [3.05, 3.63) is 59.3 Å². The van der Waals surface area contributed by atoms with E-state index < -0.39 is 6.04 Å². The average molecular weight is 466 g/mol. The summed E-state index contributed by atoms with van der Waals surface area (Å²) in [5.74, 6) is 1.27. The molecule has 4 rings (SSSR count). The summed E-state index contributed by atoms with van der Waals surface area (Å²) >= 11 is 0. The van der Waals surface area contributed by atoms with Crippen molar-refractivity contribution in [1.82, 2.24) is 15.1 Å². The predicted molar refractivity (Wildman–Crippen MR) is 128 cm³/mol. The van der Waals surface area contributed by atoms with Crippen molar-refractivity contribution in [2.24, 2.45) is 0 Å². The smallest absolute Gasteiger partial charge is 0.273 e. The lowest BCUT2D eigenvalue weighted by molar-refractivity contribution is 0.0710. The molecule has 1 aliphatic heterocycles. The highest BCUT2D eigenvalue weighted by Crippen LogP contribution is 2.45. The molecule has 8 heteroatoms. The second-order valence-corrected chi connectivity index (χ2v) is 7.90. The second kappa shape index (κ2) is 10.6. The number of rotatable bonds is 11. The number of aromatic hydroxyl groups is 1. The maximum Gasteiger partial charge on any atom is 0.273 e. The van der Waals surface area contributed by atoms with E-state index in [1.54, 1.807) is 18.2 Å². The monoisotopic (exact) mass is 465 g/mol. The fraction of sp³-hybridized carbons (Fsp3) is 0.385. The zero-order chi connectivity index (χ0) is 24.1. The van der Waals surface area contributed by atoms with Gasteiger partial charge >= 0.3 is 0 Å². The van der Waals surface area contributed by atoms with Crippen LogP contribution in [0.25, 0.3) is 11.3 Å². The highest BCUT2D eigenvalue weighted by atomic mass is 16.5. The molecule has 1 amide bonds. The Balaban J connectivity index is 1.81. The van der Waals surface area contributed by atoms with E-state index in [2.05, 4.69) is 10.2 Å². The molecule has 2 N–H and O–H groups in total. The van der Waals surface area contributed by atoms with Crippen molar-refractivity contribution in [3.63, 3.8) is 0 Å². The van der Waals surface area contributed by atoms with Gasteiger partial charge < -0.3 is 24.2 Å². The second-order valence-electron chi connectivity index (χ2n) is 7.90. The van der Waals surface area contributed by atoms with Crippen LogP contribution in [0.3, 0.4) is 0 Å². The Hall–Kier alpha value is -3.52. The molecule has 1 atom stereocenters. The molecule has 2 aromatic carbocycles. The van der Waals surface area contributed by atoms with E-state index in [0.29, 0.717) is 67.8 Å². The number of hydrogen-bond donors (Lipinski definition) is 2. The lowest BCUT2D eigenvalue weighted by Crippen LogP contribution is -2.31. The van der Waals surface area contributed by atoms with Gasteiger partial charge in [-0.1, -0.05) is 18.2 Å². The van der Waals surface area contributed by atoms with Gasteiger partial charge in [-0.2, -0.15) is 5.10 Å². The summed E-state index contributed by atoms with van der Waals surface area (Å²) < 4.78 is 17.1. The van der Waals surface area contributed by atoms with Crippen LogP contribution < -0.4 is 9.47 Å². The standard InChI is InChI=1S/C26H31N3O5/c1-4-32-15-9-14-29-25(17-12-13-20(33-5-2)21(16-17)34-6-3)22-23(27-28-24(22)26(29)31)18-10-7-8-11-19(18)30/h7-8,10-13,16,25,30H,4-6,9,14-15H2,1-3H3,(H,27,28)/t25-/m1/s1. The van der Waals surface area contributed by atoms with Crippen molar-refractivity contribution in [3.8, 4) is 28.5 Å². The molecule has 0 aliphatic carbocycles. The number of nitrogens with zero attached hydrogens (tertiary/aromatic N) is 2. The number of aromatic nitrogens is 2. The first-order valence-corrected chi connectivity index (χ1v) is 11.7. The summed E-state index contributed by atoms with van der Waals surface area (Å²) in [4.78, 5) is 15.3. The number of ether oxygens (including phenoxy) is 3. The van der Waals surface area contributed by atoms with E-state index in [0.717, 1.165) is 11.1 Å². The molecule has 1 aliphatic rings. The average Bonchev–Trinajstić information content (AvgIpc) is 3.37. The topological polar surface area (TPSA) is 96.9 Å². The summed E-state index contributed by atoms with van der Waals surface area (Å²) in [5, 5.41) is 17.9. The fourth-order valence-electron chi connectivity index (χ4n) is 4.37. The van der Waals surface area contributed by atoms with Crippen LogP contribution in [0.4, 0.5) is 0 Å². The molecule has 34 heavy (non-hydrogen) atoms. The molecular weight excluding hydrogens is 434 g/mol. The first kappa shape index (κ1) is 23.6. The Bertz CT molecular complexity index is 1140. The Morgan fingerprint density at radius 1 is 1.03 bits per heavy atom. The van der Waals surface area contributed by atoms with Gasteiger partial charge in [-0.05, 0) is 57.0 Å². The molecule has 180 valence electrons. The van der Waals surface area contributed by atoms with Crippen LogP contribution in [0.15, 0.2) is 42.5 Å². The number of H-pyrrole nitrogens is 1. The molecule has 1 aromatic heterocycles. The molecule has 2 heterocycles. The molecule has 0 bridgehead atoms. The third kappa shape index (κ3) is 4.46. The number of amides is 1. The third-order valence-corrected chi connectivity index (χ3v) is 5.80. The minimum absolute atomic E-state index is 0.111. The number of aromatic amines is 1. The Morgan fingerprint density at radius 3 is 2.53 bits per heavy atom. The molecule has 0 unspecified atom stereocenters. The molecule has 0 spiro atoms. The number of phenolic OH excluding ortho intramolecular Hbond substituents is 1. The highest BCUT2D eigenvalue weighted by molar-refractivity contribution is 6.00. The number of carbonyl (C=O) groups is 1. The Morgan fingerprint density at radius 2 is 1.79 bits per heavy atom. The maximum absolute atomic E-state index is 13.4. The van der Waals surface area contributed by atoms with E-state index in [4.69, 9.17) is 14.2 Å². The quantitative estimate of drug-likeness (QED) is 0.403. The van der Waals surface area contributed by atoms with Crippen LogP contribution in [-0.2, 0) is 4.74 Å². The molecule has 0 saturated heterocycles. The summed E-state index contributed by atoms with van der Waals surface area (Å²) in [6, 6.07) is 12.4. The van der Waals surface area contributed by atoms with E-state index in [-0.39, 0.29) is 11.7 Å². The van der Waals surface area contributed by atoms with Crippen LogP contribution in [0.1, 0.15) is 54.8 Å². The van der Waals surface area contributed by atoms with E-state index in [1.807, 2.05) is 49.9 Å². The van der Waals surface area contributed by atoms with E-state index in [1.165, 1.54) is 0 Å². The van der Waals surface area contributed by atoms with Crippen molar-refractivity contribution < 1.29 is 24.1 Å². The largest absolute Gasteiger partial charge is 0.507 e. The van der Waals surface area contributed by atoms with E-state index >= 15 is 0 Å². The summed E-state index contributed by atoms with van der Waals surface area (Å²) in [5.41, 5.74) is 3.20. The SMILES string of the molecule is CCOCCCN1C(=O)c2[nH]nc(-c3ccccc3O)c2[C@H]1c1ccc(OCC)c(OCC)c1. The van der Waals surface area contributed by atoms with Crippen LogP contribution in [-0.4, -0.2) is 59.1 Å². The van der Waals surface area contributed by atoms with Crippen LogP contribution >= 0.6 is 0 Å². The third-order valence-electron chi connectivity index (χ3n) is 5.80. The van der Waals surface area contributed by atoms with Gasteiger partial charge in [0.15, 0.2) is 11.5 Å². The molecule has 3 aromatic rings. The normalized spacial score (nSPS) is 15.0. The predicted octanol–water partition coefficient (Wildman–Crippen LogP) is 4.55. The van der Waals surface area contributed by atoms with E-state index in [9.17, 15) is 9.90 Å². The first-order chi connectivity index (χ1) is 16.6. The van der Waals surface area contributed by atoms with Crippen molar-refractivity contribution in [2.75, 3.05) is 33.0 Å². The molecular formula is C26H31N3O5. The number of hydrogen-bond acceptors (Lipinski definition) is 6. The zero-order valence-electron chi connectivity index (χ0n) is 19.8. The number of nitrogens with one attached hydrogen (secondary N) is 1. The number of carbonyl (C=O) groups excluding carboxylic acids is 1. The zero-order valence-corrected chi connectivity index (χ0v) is 19.8. The molecule has 0 fully saturated rings. The molecule has 8 nitrogen and oxygen atoms in total. The van der Waals surface area contributed by atoms with Gasteiger partial charge in [-0.25, -0.2) is 0 Å². The first-order valence-electron chi connectivity index (χ1n) is 11.7. The lowest BCUT2D eigenvalue weighted by Gasteiger charge is -2.27. The number of benzene rings is 2. The fourth-order valence-corrected chi connectivity index (χ4v) is 4.37. The number of fused-ring (bicyclic) bond motifs is 1. The van der Waals surface area contributed by atoms with Crippen molar-refractivity contribution in [1.29, 1.82) is 0 Å². The van der Waals surface area contributed by atoms with Gasteiger partial charge in [0.1, 0.15) is 17.1 Å². The van der Waals surface area contributed by atoms with Gasteiger partial charge in [0.05, 0.1) is 19.3 Å². The number of phenols is 1. The summed E-state index contributed by atoms with van der Waals surface area (Å²) in [7, 11) is 0. The van der Waals surface area contributed by atoms with Crippen LogP contribution in [0.5, 0.6) is 17.2 Å². The van der Waals surface area contributed by atoms with Crippen molar-refractivity contribution in [2.45, 2.75) is 33.2 Å².